The van der Waals surface area contributed by atoms with E-state index in [9.17, 15) is 49.4 Å². The number of carbonyl (C=O) groups is 3. The quantitative estimate of drug-likeness (QED) is 0.184. The molecular weight excluding hydrogens is 581 g/mol. The Morgan fingerprint density at radius 3 is 2.11 bits per heavy atom. The highest BCUT2D eigenvalue weighted by atomic mass is 19.1. The molecule has 2 saturated heterocycles. The van der Waals surface area contributed by atoms with Crippen LogP contribution in [0.25, 0.3) is 0 Å². The fraction of sp³-hybridized carbons (Fsp3) is 0.323. The number of aromatic carboxylic acids is 1. The smallest absolute Gasteiger partial charge is 0.335 e. The lowest BCUT2D eigenvalue weighted by molar-refractivity contribution is -0.271. The molecule has 3 aromatic carbocycles. The van der Waals surface area contributed by atoms with Crippen molar-refractivity contribution in [1.82, 2.24) is 0 Å². The van der Waals surface area contributed by atoms with Crippen molar-refractivity contribution in [1.29, 1.82) is 0 Å². The number of carboxylic acid groups (broad SMARTS) is 2. The molecule has 13 heteroatoms. The van der Waals surface area contributed by atoms with Crippen molar-refractivity contribution in [2.75, 3.05) is 4.90 Å². The number of hydrogen-bond donors (Lipinski definition) is 6. The number of aliphatic hydroxyl groups is 4. The molecule has 2 fully saturated rings. The van der Waals surface area contributed by atoms with Crippen molar-refractivity contribution >= 4 is 23.5 Å². The third-order valence-corrected chi connectivity index (χ3v) is 7.90. The molecule has 2 aliphatic heterocycles. The summed E-state index contributed by atoms with van der Waals surface area (Å²) in [6.45, 7) is 0. The van der Waals surface area contributed by atoms with Crippen LogP contribution >= 0.6 is 0 Å². The lowest BCUT2D eigenvalue weighted by Crippen LogP contribution is -2.61. The van der Waals surface area contributed by atoms with Gasteiger partial charge in [-0.25, -0.2) is 14.0 Å². The first-order valence-electron chi connectivity index (χ1n) is 13.7. The number of aliphatic carboxylic acids is 1. The van der Waals surface area contributed by atoms with Gasteiger partial charge in [-0.2, -0.15) is 0 Å². The van der Waals surface area contributed by atoms with Crippen molar-refractivity contribution in [2.24, 2.45) is 5.92 Å². The number of halogens is 1. The van der Waals surface area contributed by atoms with Crippen molar-refractivity contribution in [3.63, 3.8) is 0 Å². The highest BCUT2D eigenvalue weighted by Gasteiger charge is 2.49. The predicted molar refractivity (Wildman–Crippen MR) is 149 cm³/mol. The molecule has 44 heavy (non-hydrogen) atoms. The van der Waals surface area contributed by atoms with Crippen LogP contribution in [0.15, 0.2) is 72.8 Å². The molecule has 12 nitrogen and oxygen atoms in total. The number of rotatable bonds is 10. The Morgan fingerprint density at radius 2 is 1.52 bits per heavy atom. The topological polar surface area (TPSA) is 194 Å². The van der Waals surface area contributed by atoms with Crippen molar-refractivity contribution in [2.45, 2.75) is 55.7 Å². The molecule has 0 aromatic heterocycles. The largest absolute Gasteiger partial charge is 0.479 e. The van der Waals surface area contributed by atoms with E-state index in [4.69, 9.17) is 9.47 Å². The number of β-lactam (4-membered cyclic amide) rings is 1. The molecular formula is C31H30FNO11. The average molecular weight is 612 g/mol. The fourth-order valence-corrected chi connectivity index (χ4v) is 5.48. The second-order valence-corrected chi connectivity index (χ2v) is 10.7. The molecule has 8 atom stereocenters. The minimum atomic E-state index is -1.87. The average Bonchev–Trinajstić information content (AvgIpc) is 3.00. The lowest BCUT2D eigenvalue weighted by atomic mass is 9.78. The van der Waals surface area contributed by atoms with Gasteiger partial charge in [0, 0.05) is 5.69 Å². The second kappa shape index (κ2) is 12.7. The van der Waals surface area contributed by atoms with E-state index in [1.54, 1.807) is 12.1 Å². The maximum atomic E-state index is 13.4. The maximum Gasteiger partial charge on any atom is 0.335 e. The molecule has 232 valence electrons. The van der Waals surface area contributed by atoms with Gasteiger partial charge in [-0.05, 0) is 72.5 Å². The van der Waals surface area contributed by atoms with Crippen molar-refractivity contribution < 1.29 is 58.9 Å². The summed E-state index contributed by atoms with van der Waals surface area (Å²) in [5.74, 6) is -3.77. The van der Waals surface area contributed by atoms with Crippen LogP contribution in [0.4, 0.5) is 10.1 Å². The molecule has 0 saturated carbocycles. The van der Waals surface area contributed by atoms with Gasteiger partial charge >= 0.3 is 11.9 Å². The normalized spacial score (nSPS) is 27.3. The lowest BCUT2D eigenvalue weighted by Gasteiger charge is -2.48. The molecule has 2 aliphatic rings. The number of hydrogen-bond acceptors (Lipinski definition) is 9. The van der Waals surface area contributed by atoms with E-state index in [0.717, 1.165) is 0 Å². The molecule has 3 aromatic rings. The highest BCUT2D eigenvalue weighted by Crippen LogP contribution is 2.46. The molecule has 0 bridgehead atoms. The molecule has 5 rings (SSSR count). The Kier molecular flexibility index (Phi) is 8.95. The number of carboxylic acids is 2. The van der Waals surface area contributed by atoms with E-state index >= 15 is 0 Å². The number of anilines is 1. The van der Waals surface area contributed by atoms with Gasteiger partial charge in [0.25, 0.3) is 0 Å². The zero-order valence-corrected chi connectivity index (χ0v) is 23.0. The summed E-state index contributed by atoms with van der Waals surface area (Å²) in [5.41, 5.74) is 1.68. The van der Waals surface area contributed by atoms with Crippen LogP contribution in [-0.4, -0.2) is 79.2 Å². The van der Waals surface area contributed by atoms with Crippen LogP contribution in [0.1, 0.15) is 46.5 Å². The maximum absolute atomic E-state index is 13.4. The molecule has 3 unspecified atom stereocenters. The minimum absolute atomic E-state index is 0.0497. The molecule has 2 heterocycles. The third-order valence-electron chi connectivity index (χ3n) is 7.90. The number of ether oxygens (including phenoxy) is 2. The van der Waals surface area contributed by atoms with Crippen LogP contribution in [0.3, 0.4) is 0 Å². The van der Waals surface area contributed by atoms with E-state index in [-0.39, 0.29) is 30.1 Å². The number of nitrogens with zero attached hydrogens (tertiary/aromatic N) is 1. The highest BCUT2D eigenvalue weighted by molar-refractivity contribution is 6.03. The Labute approximate surface area is 250 Å². The predicted octanol–water partition coefficient (Wildman–Crippen LogP) is 2.01. The SMILES string of the molecule is O=C(O)c1ccc(N2C(=O)C(CC[C@H](O)c3ccc(F)cc3)[C@H]2c2ccc(O[C@@H]3O[C@H](C(=O)O)C(O)[C@H](O)C3O)cc2)cc1. The summed E-state index contributed by atoms with van der Waals surface area (Å²) >= 11 is 0. The van der Waals surface area contributed by atoms with E-state index < -0.39 is 66.5 Å². The Hall–Kier alpha value is -4.40. The van der Waals surface area contributed by atoms with E-state index in [1.165, 1.54) is 65.6 Å². The molecule has 0 spiro atoms. The number of benzene rings is 3. The van der Waals surface area contributed by atoms with Gasteiger partial charge in [-0.15, -0.1) is 0 Å². The van der Waals surface area contributed by atoms with E-state index in [1.807, 2.05) is 0 Å². The second-order valence-electron chi connectivity index (χ2n) is 10.7. The van der Waals surface area contributed by atoms with E-state index in [2.05, 4.69) is 0 Å². The van der Waals surface area contributed by atoms with Gasteiger partial charge in [-0.1, -0.05) is 24.3 Å². The van der Waals surface area contributed by atoms with Gasteiger partial charge in [0.1, 0.15) is 29.9 Å². The summed E-state index contributed by atoms with van der Waals surface area (Å²) in [5, 5.41) is 59.4. The minimum Gasteiger partial charge on any atom is -0.479 e. The van der Waals surface area contributed by atoms with E-state index in [0.29, 0.717) is 16.8 Å². The first-order valence-corrected chi connectivity index (χ1v) is 13.7. The van der Waals surface area contributed by atoms with Crippen LogP contribution in [0, 0.1) is 11.7 Å². The number of amides is 1. The Morgan fingerprint density at radius 1 is 0.886 bits per heavy atom. The zero-order valence-electron chi connectivity index (χ0n) is 23.0. The Bertz CT molecular complexity index is 1500. The monoisotopic (exact) mass is 611 g/mol. The number of aliphatic hydroxyl groups excluding tert-OH is 4. The summed E-state index contributed by atoms with van der Waals surface area (Å²) in [7, 11) is 0. The number of carbonyl (C=O) groups excluding carboxylic acids is 1. The summed E-state index contributed by atoms with van der Waals surface area (Å²) in [6, 6.07) is 17.0. The molecule has 1 amide bonds. The van der Waals surface area contributed by atoms with Gasteiger partial charge in [0.2, 0.25) is 12.2 Å². The van der Waals surface area contributed by atoms with Gasteiger partial charge < -0.3 is 45.0 Å². The van der Waals surface area contributed by atoms with Gasteiger partial charge in [-0.3, -0.25) is 4.79 Å². The Balaban J connectivity index is 1.36. The summed E-state index contributed by atoms with van der Waals surface area (Å²) in [6.07, 6.45) is -9.32. The first-order chi connectivity index (χ1) is 21.0. The third kappa shape index (κ3) is 6.14. The van der Waals surface area contributed by atoms with Gasteiger partial charge in [0.15, 0.2) is 6.10 Å². The molecule has 0 radical (unpaired) electrons. The van der Waals surface area contributed by atoms with Crippen LogP contribution in [0.2, 0.25) is 0 Å². The zero-order chi connectivity index (χ0) is 31.7. The fourth-order valence-electron chi connectivity index (χ4n) is 5.48. The van der Waals surface area contributed by atoms with Crippen LogP contribution in [0.5, 0.6) is 5.75 Å². The van der Waals surface area contributed by atoms with Gasteiger partial charge in [0.05, 0.1) is 23.6 Å². The molecule has 6 N–H and O–H groups in total. The summed E-state index contributed by atoms with van der Waals surface area (Å²) in [4.78, 5) is 37.6. The molecule has 0 aliphatic carbocycles. The van der Waals surface area contributed by atoms with Crippen LogP contribution in [-0.2, 0) is 14.3 Å². The van der Waals surface area contributed by atoms with Crippen LogP contribution < -0.4 is 9.64 Å². The first kappa shape index (κ1) is 31.0. The van der Waals surface area contributed by atoms with Crippen molar-refractivity contribution in [3.8, 4) is 5.75 Å². The van der Waals surface area contributed by atoms with Crippen molar-refractivity contribution in [3.05, 3.63) is 95.3 Å². The summed E-state index contributed by atoms with van der Waals surface area (Å²) < 4.78 is 24.1. The standard InChI is InChI=1S/C31H30FNO11/c32-18-7-1-15(2-8-18)22(34)14-13-21-23(33(28(21)38)19-9-3-17(4-10-19)29(39)40)16-5-11-20(12-6-16)43-31-26(37)24(35)25(36)27(44-31)30(41)42/h1-12,21-27,31,34-37H,13-14H2,(H,39,40)(H,41,42)/t21?,22-,23+,24-,25?,26?,27-,31+/m0/s1.